The van der Waals surface area contributed by atoms with E-state index in [2.05, 4.69) is 29.2 Å². The zero-order valence-electron chi connectivity index (χ0n) is 13.9. The van der Waals surface area contributed by atoms with Gasteiger partial charge in [0, 0.05) is 18.5 Å². The molecule has 0 spiro atoms. The maximum absolute atomic E-state index is 10.7. The molecule has 1 saturated heterocycles. The third-order valence-corrected chi connectivity index (χ3v) is 5.73. The van der Waals surface area contributed by atoms with Gasteiger partial charge >= 0.3 is 0 Å². The average molecular weight is 323 g/mol. The number of phenols is 1. The van der Waals surface area contributed by atoms with Gasteiger partial charge in [-0.05, 0) is 55.0 Å². The maximum Gasteiger partial charge on any atom is 0.119 e. The third-order valence-electron chi connectivity index (χ3n) is 5.73. The second-order valence-corrected chi connectivity index (χ2v) is 7.12. The van der Waals surface area contributed by atoms with Crippen LogP contribution in [0, 0.1) is 0 Å². The molecule has 1 aliphatic heterocycles. The first-order valence-electron chi connectivity index (χ1n) is 9.02. The normalized spacial score (nSPS) is 27.6. The van der Waals surface area contributed by atoms with Gasteiger partial charge in [-0.15, -0.1) is 0 Å². The number of aliphatic hydroxyl groups excluding tert-OH is 1. The Bertz CT molecular complexity index is 714. The molecule has 0 unspecified atom stereocenters. The van der Waals surface area contributed by atoms with Crippen LogP contribution in [0.1, 0.15) is 47.9 Å². The fourth-order valence-electron chi connectivity index (χ4n) is 4.51. The predicted octanol–water partition coefficient (Wildman–Crippen LogP) is 3.62. The van der Waals surface area contributed by atoms with Crippen molar-refractivity contribution in [2.75, 3.05) is 13.1 Å². The van der Waals surface area contributed by atoms with Crippen molar-refractivity contribution in [2.24, 2.45) is 0 Å². The first-order chi connectivity index (χ1) is 11.7. The minimum atomic E-state index is -0.430. The van der Waals surface area contributed by atoms with E-state index in [1.807, 2.05) is 18.2 Å². The molecule has 2 N–H and O–H groups in total. The fraction of sp³-hybridized carbons (Fsp3) is 0.429. The van der Waals surface area contributed by atoms with E-state index in [9.17, 15) is 10.2 Å². The van der Waals surface area contributed by atoms with Crippen LogP contribution in [-0.2, 0) is 6.42 Å². The van der Waals surface area contributed by atoms with E-state index in [1.54, 1.807) is 6.07 Å². The Labute approximate surface area is 143 Å². The second kappa shape index (κ2) is 6.58. The number of aliphatic hydroxyl groups is 1. The lowest BCUT2D eigenvalue weighted by Crippen LogP contribution is -2.45. The van der Waals surface area contributed by atoms with Crippen LogP contribution in [0.5, 0.6) is 5.75 Å². The molecule has 3 heteroatoms. The van der Waals surface area contributed by atoms with Gasteiger partial charge in [0.25, 0.3) is 0 Å². The molecule has 0 saturated carbocycles. The highest BCUT2D eigenvalue weighted by molar-refractivity contribution is 5.36. The Balaban J connectivity index is 1.53. The number of piperidine rings is 1. The van der Waals surface area contributed by atoms with E-state index in [4.69, 9.17) is 0 Å². The van der Waals surface area contributed by atoms with Gasteiger partial charge in [-0.25, -0.2) is 0 Å². The number of hydrogen-bond acceptors (Lipinski definition) is 3. The summed E-state index contributed by atoms with van der Waals surface area (Å²) < 4.78 is 0. The van der Waals surface area contributed by atoms with Crippen LogP contribution in [-0.4, -0.2) is 34.3 Å². The molecule has 3 atom stereocenters. The molecule has 3 nitrogen and oxygen atoms in total. The highest BCUT2D eigenvalue weighted by Gasteiger charge is 2.35. The number of fused-ring (bicyclic) bond motifs is 1. The number of β-amino-alcohol motifs (C(OH)–C–C–N with tert-alkyl or cyclic N) is 1. The number of aromatic hydroxyl groups is 1. The lowest BCUT2D eigenvalue weighted by molar-refractivity contribution is 0.0245. The molecular formula is C21H25NO2. The van der Waals surface area contributed by atoms with Gasteiger partial charge in [0.1, 0.15) is 5.75 Å². The van der Waals surface area contributed by atoms with Gasteiger partial charge in [0.15, 0.2) is 0 Å². The Morgan fingerprint density at radius 3 is 2.46 bits per heavy atom. The number of likely N-dealkylation sites (tertiary alicyclic amines) is 1. The number of hydrogen-bond donors (Lipinski definition) is 2. The summed E-state index contributed by atoms with van der Waals surface area (Å²) in [6.07, 6.45) is 4.02. The zero-order valence-corrected chi connectivity index (χ0v) is 13.9. The van der Waals surface area contributed by atoms with Gasteiger partial charge in [-0.2, -0.15) is 0 Å². The Kier molecular flexibility index (Phi) is 4.30. The molecule has 0 aromatic heterocycles. The lowest BCUT2D eigenvalue weighted by atomic mass is 9.82. The Morgan fingerprint density at radius 1 is 0.917 bits per heavy atom. The van der Waals surface area contributed by atoms with Crippen molar-refractivity contribution in [2.45, 2.75) is 43.7 Å². The van der Waals surface area contributed by atoms with E-state index >= 15 is 0 Å². The third kappa shape index (κ3) is 2.83. The van der Waals surface area contributed by atoms with Crippen molar-refractivity contribution in [1.29, 1.82) is 0 Å². The quantitative estimate of drug-likeness (QED) is 0.887. The molecule has 1 aliphatic carbocycles. The van der Waals surface area contributed by atoms with E-state index in [-0.39, 0.29) is 5.92 Å². The van der Waals surface area contributed by atoms with Crippen LogP contribution in [0.3, 0.4) is 0 Å². The molecule has 0 amide bonds. The van der Waals surface area contributed by atoms with Crippen LogP contribution in [0.4, 0.5) is 0 Å². The summed E-state index contributed by atoms with van der Waals surface area (Å²) in [7, 11) is 0. The van der Waals surface area contributed by atoms with Crippen LogP contribution < -0.4 is 0 Å². The number of nitrogens with zero attached hydrogens (tertiary/aromatic N) is 1. The number of rotatable bonds is 2. The largest absolute Gasteiger partial charge is 0.508 e. The van der Waals surface area contributed by atoms with E-state index in [0.29, 0.717) is 18.3 Å². The van der Waals surface area contributed by atoms with Gasteiger partial charge < -0.3 is 10.2 Å². The van der Waals surface area contributed by atoms with E-state index < -0.39 is 6.10 Å². The second-order valence-electron chi connectivity index (χ2n) is 7.12. The van der Waals surface area contributed by atoms with Crippen LogP contribution in [0.2, 0.25) is 0 Å². The maximum atomic E-state index is 10.7. The molecule has 4 rings (SSSR count). The van der Waals surface area contributed by atoms with Gasteiger partial charge in [0.05, 0.1) is 6.10 Å². The Morgan fingerprint density at radius 2 is 1.67 bits per heavy atom. The van der Waals surface area contributed by atoms with Crippen molar-refractivity contribution >= 4 is 0 Å². The minimum absolute atomic E-state index is 0.0290. The van der Waals surface area contributed by atoms with Gasteiger partial charge in [0.2, 0.25) is 0 Å². The number of para-hydroxylation sites is 1. The summed E-state index contributed by atoms with van der Waals surface area (Å²) >= 11 is 0. The molecule has 0 radical (unpaired) electrons. The van der Waals surface area contributed by atoms with E-state index in [0.717, 1.165) is 18.5 Å². The standard InChI is InChI=1S/C21H25NO2/c23-20-11-4-3-9-17(20)18-12-13-22(14-21(18)24)19-10-5-7-15-6-1-2-8-16(15)19/h1-4,6,8-9,11,18-19,21,23-24H,5,7,10,12-14H2/t18-,19-,21+/m1/s1. The molecule has 24 heavy (non-hydrogen) atoms. The summed E-state index contributed by atoms with van der Waals surface area (Å²) in [6, 6.07) is 16.6. The molecule has 2 aromatic rings. The zero-order chi connectivity index (χ0) is 16.5. The molecule has 0 bridgehead atoms. The first kappa shape index (κ1) is 15.7. The van der Waals surface area contributed by atoms with Crippen molar-refractivity contribution in [3.63, 3.8) is 0 Å². The minimum Gasteiger partial charge on any atom is -0.508 e. The lowest BCUT2D eigenvalue weighted by Gasteiger charge is -2.42. The smallest absolute Gasteiger partial charge is 0.119 e. The number of phenolic OH excluding ortho intramolecular Hbond substituents is 1. The summed E-state index contributed by atoms with van der Waals surface area (Å²) in [5, 5.41) is 20.8. The number of aryl methyl sites for hydroxylation is 1. The highest BCUT2D eigenvalue weighted by Crippen LogP contribution is 2.39. The monoisotopic (exact) mass is 323 g/mol. The summed E-state index contributed by atoms with van der Waals surface area (Å²) in [6.45, 7) is 1.65. The molecule has 2 aromatic carbocycles. The molecule has 1 fully saturated rings. The average Bonchev–Trinajstić information content (AvgIpc) is 2.62. The summed E-state index contributed by atoms with van der Waals surface area (Å²) in [4.78, 5) is 2.44. The molecule has 1 heterocycles. The van der Waals surface area contributed by atoms with Gasteiger partial charge in [-0.1, -0.05) is 42.5 Å². The van der Waals surface area contributed by atoms with Crippen molar-refractivity contribution < 1.29 is 10.2 Å². The first-order valence-corrected chi connectivity index (χ1v) is 9.02. The van der Waals surface area contributed by atoms with E-state index in [1.165, 1.54) is 30.4 Å². The summed E-state index contributed by atoms with van der Waals surface area (Å²) in [5.74, 6) is 0.333. The van der Waals surface area contributed by atoms with Gasteiger partial charge in [-0.3, -0.25) is 4.90 Å². The van der Waals surface area contributed by atoms with Crippen LogP contribution in [0.25, 0.3) is 0 Å². The fourth-order valence-corrected chi connectivity index (χ4v) is 4.51. The van der Waals surface area contributed by atoms with Crippen LogP contribution in [0.15, 0.2) is 48.5 Å². The Hall–Kier alpha value is -1.84. The van der Waals surface area contributed by atoms with Crippen molar-refractivity contribution in [1.82, 2.24) is 4.90 Å². The van der Waals surface area contributed by atoms with Crippen molar-refractivity contribution in [3.8, 4) is 5.75 Å². The predicted molar refractivity (Wildman–Crippen MR) is 95.2 cm³/mol. The highest BCUT2D eigenvalue weighted by atomic mass is 16.3. The topological polar surface area (TPSA) is 43.7 Å². The molecule has 2 aliphatic rings. The summed E-state index contributed by atoms with van der Waals surface area (Å²) in [5.41, 5.74) is 3.79. The number of benzene rings is 2. The molecule has 126 valence electrons. The van der Waals surface area contributed by atoms with Crippen LogP contribution >= 0.6 is 0 Å². The SMILES string of the molecule is Oc1ccccc1[C@H]1CCN([C@@H]2CCCc3ccccc32)C[C@@H]1O. The van der Waals surface area contributed by atoms with Crippen molar-refractivity contribution in [3.05, 3.63) is 65.2 Å². The molecular weight excluding hydrogens is 298 g/mol.